The molecular weight excluding hydrogens is 407 g/mol. The minimum Gasteiger partial charge on any atom is -0.481 e. The van der Waals surface area contributed by atoms with Crippen LogP contribution in [0.5, 0.6) is 5.75 Å². The van der Waals surface area contributed by atoms with E-state index in [0.717, 1.165) is 0 Å². The Kier molecular flexibility index (Phi) is 6.68. The van der Waals surface area contributed by atoms with E-state index < -0.39 is 21.9 Å². The maximum Gasteiger partial charge on any atom is 0.265 e. The van der Waals surface area contributed by atoms with Crippen LogP contribution in [-0.2, 0) is 14.8 Å². The lowest BCUT2D eigenvalue weighted by atomic mass is 10.2. The van der Waals surface area contributed by atoms with Crippen molar-refractivity contribution in [2.75, 3.05) is 10.0 Å². The Balaban J connectivity index is 1.65. The second kappa shape index (κ2) is 9.41. The minimum atomic E-state index is -3.74. The average Bonchev–Trinajstić information content (AvgIpc) is 2.74. The van der Waals surface area contributed by atoms with Crippen LogP contribution in [0.4, 0.5) is 15.8 Å². The van der Waals surface area contributed by atoms with Crippen LogP contribution in [0.1, 0.15) is 13.3 Å². The molecule has 1 amide bonds. The quantitative estimate of drug-likeness (QED) is 0.556. The van der Waals surface area contributed by atoms with Crippen molar-refractivity contribution in [1.29, 1.82) is 0 Å². The molecule has 8 heteroatoms. The SMILES string of the molecule is CC[C@H](Oc1ccc(F)cc1)C(=O)Nc1ccc(S(=O)(=O)Nc2ccccc2)cc1. The molecule has 0 unspecified atom stereocenters. The van der Waals surface area contributed by atoms with E-state index in [1.165, 1.54) is 48.5 Å². The fourth-order valence-electron chi connectivity index (χ4n) is 2.66. The Hall–Kier alpha value is -3.39. The summed E-state index contributed by atoms with van der Waals surface area (Å²) < 4.78 is 46.1. The number of benzene rings is 3. The number of carbonyl (C=O) groups excluding carboxylic acids is 1. The third kappa shape index (κ3) is 5.57. The smallest absolute Gasteiger partial charge is 0.265 e. The fraction of sp³-hybridized carbons (Fsp3) is 0.136. The van der Waals surface area contributed by atoms with Gasteiger partial charge in [-0.05, 0) is 67.1 Å². The summed E-state index contributed by atoms with van der Waals surface area (Å²) in [5, 5.41) is 2.70. The molecule has 0 heterocycles. The molecule has 0 aromatic heterocycles. The van der Waals surface area contributed by atoms with Gasteiger partial charge in [0.05, 0.1) is 4.90 Å². The summed E-state index contributed by atoms with van der Waals surface area (Å²) in [5.41, 5.74) is 0.887. The summed E-state index contributed by atoms with van der Waals surface area (Å²) >= 11 is 0. The molecule has 6 nitrogen and oxygen atoms in total. The van der Waals surface area contributed by atoms with E-state index in [1.54, 1.807) is 37.3 Å². The van der Waals surface area contributed by atoms with Crippen molar-refractivity contribution >= 4 is 27.3 Å². The van der Waals surface area contributed by atoms with Gasteiger partial charge in [-0.2, -0.15) is 0 Å². The maximum absolute atomic E-state index is 13.0. The van der Waals surface area contributed by atoms with Crippen LogP contribution in [0.3, 0.4) is 0 Å². The molecule has 2 N–H and O–H groups in total. The fourth-order valence-corrected chi connectivity index (χ4v) is 3.72. The number of ether oxygens (including phenoxy) is 1. The molecule has 0 radical (unpaired) electrons. The molecule has 3 aromatic rings. The van der Waals surface area contributed by atoms with Crippen molar-refractivity contribution in [2.45, 2.75) is 24.3 Å². The van der Waals surface area contributed by atoms with E-state index in [-0.39, 0.29) is 10.8 Å². The Labute approximate surface area is 174 Å². The van der Waals surface area contributed by atoms with Crippen molar-refractivity contribution < 1.29 is 22.3 Å². The van der Waals surface area contributed by atoms with E-state index in [4.69, 9.17) is 4.74 Å². The van der Waals surface area contributed by atoms with Gasteiger partial charge in [0.25, 0.3) is 15.9 Å². The highest BCUT2D eigenvalue weighted by atomic mass is 32.2. The van der Waals surface area contributed by atoms with Crippen molar-refractivity contribution in [2.24, 2.45) is 0 Å². The number of amides is 1. The van der Waals surface area contributed by atoms with Gasteiger partial charge in [-0.3, -0.25) is 9.52 Å². The molecule has 0 bridgehead atoms. The monoisotopic (exact) mass is 428 g/mol. The first kappa shape index (κ1) is 21.3. The Morgan fingerprint density at radius 3 is 2.17 bits per heavy atom. The summed E-state index contributed by atoms with van der Waals surface area (Å²) in [4.78, 5) is 12.6. The standard InChI is InChI=1S/C22H21FN2O4S/c1-2-21(29-19-12-8-16(23)9-13-19)22(26)24-17-10-14-20(15-11-17)30(27,28)25-18-6-4-3-5-7-18/h3-15,21,25H,2H2,1H3,(H,24,26)/t21-/m0/s1. The Bertz CT molecular complexity index is 1090. The zero-order chi connectivity index (χ0) is 21.6. The van der Waals surface area contributed by atoms with Gasteiger partial charge in [-0.25, -0.2) is 12.8 Å². The zero-order valence-electron chi connectivity index (χ0n) is 16.2. The van der Waals surface area contributed by atoms with Crippen LogP contribution in [-0.4, -0.2) is 20.4 Å². The maximum atomic E-state index is 13.0. The summed E-state index contributed by atoms with van der Waals surface area (Å²) in [6, 6.07) is 19.8. The number of para-hydroxylation sites is 1. The van der Waals surface area contributed by atoms with Crippen LogP contribution < -0.4 is 14.8 Å². The summed E-state index contributed by atoms with van der Waals surface area (Å²) in [5.74, 6) is -0.400. The number of halogens is 1. The van der Waals surface area contributed by atoms with Gasteiger partial charge >= 0.3 is 0 Å². The topological polar surface area (TPSA) is 84.5 Å². The molecule has 30 heavy (non-hydrogen) atoms. The highest BCUT2D eigenvalue weighted by molar-refractivity contribution is 7.92. The number of carbonyl (C=O) groups is 1. The normalized spacial score (nSPS) is 12.1. The second-order valence-corrected chi connectivity index (χ2v) is 8.14. The van der Waals surface area contributed by atoms with Crippen LogP contribution in [0.2, 0.25) is 0 Å². The van der Waals surface area contributed by atoms with Crippen molar-refractivity contribution in [3.63, 3.8) is 0 Å². The average molecular weight is 428 g/mol. The molecule has 3 rings (SSSR count). The molecule has 0 fully saturated rings. The predicted molar refractivity (Wildman–Crippen MR) is 113 cm³/mol. The first-order valence-electron chi connectivity index (χ1n) is 9.28. The highest BCUT2D eigenvalue weighted by Crippen LogP contribution is 2.19. The van der Waals surface area contributed by atoms with E-state index >= 15 is 0 Å². The van der Waals surface area contributed by atoms with E-state index in [9.17, 15) is 17.6 Å². The molecule has 0 aliphatic rings. The second-order valence-electron chi connectivity index (χ2n) is 6.45. The number of anilines is 2. The molecule has 0 aliphatic heterocycles. The van der Waals surface area contributed by atoms with Gasteiger partial charge < -0.3 is 10.1 Å². The zero-order valence-corrected chi connectivity index (χ0v) is 17.0. The number of hydrogen-bond acceptors (Lipinski definition) is 4. The van der Waals surface area contributed by atoms with Crippen LogP contribution >= 0.6 is 0 Å². The van der Waals surface area contributed by atoms with Crippen LogP contribution in [0.25, 0.3) is 0 Å². The largest absolute Gasteiger partial charge is 0.481 e. The molecule has 0 aliphatic carbocycles. The van der Waals surface area contributed by atoms with E-state index in [1.807, 2.05) is 0 Å². The van der Waals surface area contributed by atoms with E-state index in [2.05, 4.69) is 10.0 Å². The van der Waals surface area contributed by atoms with Crippen molar-refractivity contribution in [3.8, 4) is 5.75 Å². The lowest BCUT2D eigenvalue weighted by Gasteiger charge is -2.17. The van der Waals surface area contributed by atoms with Gasteiger partial charge in [0, 0.05) is 11.4 Å². The molecule has 0 saturated carbocycles. The molecule has 3 aromatic carbocycles. The van der Waals surface area contributed by atoms with Crippen LogP contribution in [0, 0.1) is 5.82 Å². The predicted octanol–water partition coefficient (Wildman–Crippen LogP) is 4.42. The van der Waals surface area contributed by atoms with Crippen LogP contribution in [0.15, 0.2) is 83.8 Å². The number of sulfonamides is 1. The summed E-state index contributed by atoms with van der Waals surface area (Å²) in [6.45, 7) is 1.79. The summed E-state index contributed by atoms with van der Waals surface area (Å²) in [7, 11) is -3.74. The molecule has 1 atom stereocenters. The number of hydrogen-bond donors (Lipinski definition) is 2. The van der Waals surface area contributed by atoms with Gasteiger partial charge in [-0.1, -0.05) is 25.1 Å². The first-order chi connectivity index (χ1) is 14.4. The Morgan fingerprint density at radius 1 is 0.933 bits per heavy atom. The molecular formula is C22H21FN2O4S. The lowest BCUT2D eigenvalue weighted by molar-refractivity contribution is -0.122. The van der Waals surface area contributed by atoms with Crippen molar-refractivity contribution in [3.05, 3.63) is 84.7 Å². The van der Waals surface area contributed by atoms with Crippen molar-refractivity contribution in [1.82, 2.24) is 0 Å². The highest BCUT2D eigenvalue weighted by Gasteiger charge is 2.19. The molecule has 156 valence electrons. The molecule has 0 saturated heterocycles. The van der Waals surface area contributed by atoms with Gasteiger partial charge in [-0.15, -0.1) is 0 Å². The van der Waals surface area contributed by atoms with Gasteiger partial charge in [0.2, 0.25) is 0 Å². The number of rotatable bonds is 8. The minimum absolute atomic E-state index is 0.0685. The third-order valence-electron chi connectivity index (χ3n) is 4.21. The number of nitrogens with one attached hydrogen (secondary N) is 2. The molecule has 0 spiro atoms. The van der Waals surface area contributed by atoms with Gasteiger partial charge in [0.1, 0.15) is 11.6 Å². The van der Waals surface area contributed by atoms with Gasteiger partial charge in [0.15, 0.2) is 6.10 Å². The third-order valence-corrected chi connectivity index (χ3v) is 5.61. The Morgan fingerprint density at radius 2 is 1.57 bits per heavy atom. The first-order valence-corrected chi connectivity index (χ1v) is 10.8. The lowest BCUT2D eigenvalue weighted by Crippen LogP contribution is -2.32. The summed E-state index contributed by atoms with van der Waals surface area (Å²) in [6.07, 6.45) is -0.380. The van der Waals surface area contributed by atoms with E-state index in [0.29, 0.717) is 23.5 Å².